The first-order valence-corrected chi connectivity index (χ1v) is 13.5. The van der Waals surface area contributed by atoms with Gasteiger partial charge in [0.05, 0.1) is 6.04 Å². The Morgan fingerprint density at radius 3 is 2.03 bits per heavy atom. The summed E-state index contributed by atoms with van der Waals surface area (Å²) in [6, 6.07) is 17.1. The molecule has 6 heteroatoms. The Labute approximate surface area is 217 Å². The molecule has 1 amide bonds. The molecule has 2 aromatic carbocycles. The third-order valence-electron chi connectivity index (χ3n) is 6.44. The van der Waals surface area contributed by atoms with Gasteiger partial charge in [-0.2, -0.15) is 5.06 Å². The number of hydroxylamine groups is 2. The summed E-state index contributed by atoms with van der Waals surface area (Å²) >= 11 is 0. The van der Waals surface area contributed by atoms with Gasteiger partial charge in [-0.15, -0.1) is 0 Å². The molecule has 6 nitrogen and oxygen atoms in total. The van der Waals surface area contributed by atoms with Gasteiger partial charge >= 0.3 is 5.97 Å². The van der Waals surface area contributed by atoms with Crippen LogP contribution in [0.2, 0.25) is 0 Å². The summed E-state index contributed by atoms with van der Waals surface area (Å²) in [5, 5.41) is 13.7. The molecule has 36 heavy (non-hydrogen) atoms. The average Bonchev–Trinajstić information content (AvgIpc) is 2.90. The van der Waals surface area contributed by atoms with Gasteiger partial charge in [0.25, 0.3) is 5.91 Å². The Hall–Kier alpha value is -2.70. The van der Waals surface area contributed by atoms with Gasteiger partial charge in [-0.25, -0.2) is 4.79 Å². The maximum absolute atomic E-state index is 12.5. The van der Waals surface area contributed by atoms with E-state index in [-0.39, 0.29) is 11.9 Å². The SMILES string of the molecule is CCCCCCCCCCCCNC(=O)c1ccc(CN(OCC(=O)O)[C@H](C)c2ccccc2)cc1. The highest BCUT2D eigenvalue weighted by molar-refractivity contribution is 5.94. The minimum atomic E-state index is -1.02. The Balaban J connectivity index is 1.74. The number of nitrogens with one attached hydrogen (secondary N) is 1. The smallest absolute Gasteiger partial charge is 0.331 e. The summed E-state index contributed by atoms with van der Waals surface area (Å²) in [4.78, 5) is 29.1. The molecule has 2 N–H and O–H groups in total. The Morgan fingerprint density at radius 1 is 0.861 bits per heavy atom. The molecule has 0 aliphatic rings. The molecule has 198 valence electrons. The van der Waals surface area contributed by atoms with E-state index in [9.17, 15) is 9.59 Å². The topological polar surface area (TPSA) is 78.9 Å². The number of nitrogens with zero attached hydrogens (tertiary/aromatic N) is 1. The van der Waals surface area contributed by atoms with E-state index in [1.54, 1.807) is 5.06 Å². The molecule has 0 aliphatic carbocycles. The lowest BCUT2D eigenvalue weighted by Gasteiger charge is -2.28. The summed E-state index contributed by atoms with van der Waals surface area (Å²) < 4.78 is 0. The van der Waals surface area contributed by atoms with Gasteiger partial charge in [0.1, 0.15) is 0 Å². The highest BCUT2D eigenvalue weighted by Crippen LogP contribution is 2.23. The van der Waals surface area contributed by atoms with Crippen molar-refractivity contribution in [3.63, 3.8) is 0 Å². The number of amides is 1. The molecule has 0 bridgehead atoms. The number of carboxylic acid groups (broad SMARTS) is 1. The third kappa shape index (κ3) is 11.8. The molecule has 0 heterocycles. The number of unbranched alkanes of at least 4 members (excludes halogenated alkanes) is 9. The third-order valence-corrected chi connectivity index (χ3v) is 6.44. The predicted molar refractivity (Wildman–Crippen MR) is 145 cm³/mol. The van der Waals surface area contributed by atoms with Crippen LogP contribution < -0.4 is 5.32 Å². The lowest BCUT2D eigenvalue weighted by molar-refractivity contribution is -0.202. The first-order chi connectivity index (χ1) is 17.5. The van der Waals surface area contributed by atoms with E-state index in [2.05, 4.69) is 12.2 Å². The fourth-order valence-corrected chi connectivity index (χ4v) is 4.19. The van der Waals surface area contributed by atoms with Gasteiger partial charge < -0.3 is 10.4 Å². The molecule has 2 rings (SSSR count). The maximum Gasteiger partial charge on any atom is 0.331 e. The second kappa shape index (κ2) is 17.7. The molecule has 0 saturated heterocycles. The number of benzene rings is 2. The van der Waals surface area contributed by atoms with Crippen LogP contribution >= 0.6 is 0 Å². The van der Waals surface area contributed by atoms with Crippen molar-refractivity contribution in [3.8, 4) is 0 Å². The zero-order valence-corrected chi connectivity index (χ0v) is 22.1. The number of rotatable bonds is 19. The molecule has 0 aliphatic heterocycles. The van der Waals surface area contributed by atoms with Crippen molar-refractivity contribution in [3.05, 3.63) is 71.3 Å². The van der Waals surface area contributed by atoms with Gasteiger partial charge in [0, 0.05) is 18.7 Å². The molecule has 0 saturated carbocycles. The van der Waals surface area contributed by atoms with Gasteiger partial charge in [0.2, 0.25) is 0 Å². The quantitative estimate of drug-likeness (QED) is 0.163. The molecule has 0 fully saturated rings. The molecule has 2 aromatic rings. The van der Waals surface area contributed by atoms with E-state index >= 15 is 0 Å². The normalized spacial score (nSPS) is 12.0. The maximum atomic E-state index is 12.5. The Bertz CT molecular complexity index is 870. The molecule has 0 radical (unpaired) electrons. The number of aliphatic carboxylic acids is 1. The van der Waals surface area contributed by atoms with Crippen molar-refractivity contribution in [2.45, 2.75) is 90.6 Å². The summed E-state index contributed by atoms with van der Waals surface area (Å²) in [7, 11) is 0. The second-order valence-electron chi connectivity index (χ2n) is 9.46. The molecular weight excluding hydrogens is 452 g/mol. The standard InChI is InChI=1S/C30H44N2O4/c1-3-4-5-6-7-8-9-10-11-15-22-31-30(35)28-20-18-26(19-21-28)23-32(36-24-29(33)34)25(2)27-16-13-12-14-17-27/h12-14,16-21,25H,3-11,15,22-24H2,1-2H3,(H,31,35)(H,33,34)/t25-/m1/s1. The van der Waals surface area contributed by atoms with E-state index in [1.807, 2.05) is 61.5 Å². The van der Waals surface area contributed by atoms with E-state index in [0.29, 0.717) is 18.7 Å². The van der Waals surface area contributed by atoms with Crippen LogP contribution in [0.4, 0.5) is 0 Å². The fraction of sp³-hybridized carbons (Fsp3) is 0.533. The average molecular weight is 497 g/mol. The fourth-order valence-electron chi connectivity index (χ4n) is 4.19. The van der Waals surface area contributed by atoms with Crippen LogP contribution in [0, 0.1) is 0 Å². The lowest BCUT2D eigenvalue weighted by Crippen LogP contribution is -2.29. The van der Waals surface area contributed by atoms with Crippen LogP contribution in [0.5, 0.6) is 0 Å². The molecule has 1 atom stereocenters. The number of carbonyl (C=O) groups excluding carboxylic acids is 1. The van der Waals surface area contributed by atoms with Crippen molar-refractivity contribution < 1.29 is 19.5 Å². The van der Waals surface area contributed by atoms with Crippen molar-refractivity contribution >= 4 is 11.9 Å². The van der Waals surface area contributed by atoms with Gasteiger partial charge in [-0.1, -0.05) is 107 Å². The van der Waals surface area contributed by atoms with Crippen molar-refractivity contribution in [2.24, 2.45) is 0 Å². The molecule has 0 aromatic heterocycles. The monoisotopic (exact) mass is 496 g/mol. The van der Waals surface area contributed by atoms with E-state index in [1.165, 1.54) is 51.4 Å². The van der Waals surface area contributed by atoms with E-state index in [0.717, 1.165) is 24.0 Å². The highest BCUT2D eigenvalue weighted by Gasteiger charge is 2.18. The molecule has 0 unspecified atom stereocenters. The summed E-state index contributed by atoms with van der Waals surface area (Å²) in [6.45, 7) is 4.92. The van der Waals surface area contributed by atoms with Crippen LogP contribution in [0.15, 0.2) is 54.6 Å². The van der Waals surface area contributed by atoms with Crippen LogP contribution in [0.25, 0.3) is 0 Å². The molecule has 0 spiro atoms. The lowest BCUT2D eigenvalue weighted by atomic mass is 10.1. The van der Waals surface area contributed by atoms with Crippen LogP contribution in [0.3, 0.4) is 0 Å². The molecular formula is C30H44N2O4. The van der Waals surface area contributed by atoms with Gasteiger partial charge in [-0.05, 0) is 36.6 Å². The zero-order valence-electron chi connectivity index (χ0n) is 22.1. The van der Waals surface area contributed by atoms with Crippen molar-refractivity contribution in [1.29, 1.82) is 0 Å². The first kappa shape index (κ1) is 29.5. The minimum absolute atomic E-state index is 0.0610. The van der Waals surface area contributed by atoms with E-state index < -0.39 is 12.6 Å². The number of hydrogen-bond donors (Lipinski definition) is 2. The Kier molecular flexibility index (Phi) is 14.5. The second-order valence-corrected chi connectivity index (χ2v) is 9.46. The van der Waals surface area contributed by atoms with Crippen LogP contribution in [-0.2, 0) is 16.2 Å². The summed E-state index contributed by atoms with van der Waals surface area (Å²) in [5.41, 5.74) is 2.60. The summed E-state index contributed by atoms with van der Waals surface area (Å²) in [5.74, 6) is -1.08. The summed E-state index contributed by atoms with van der Waals surface area (Å²) in [6.07, 6.45) is 12.7. The van der Waals surface area contributed by atoms with Crippen molar-refractivity contribution in [1.82, 2.24) is 10.4 Å². The van der Waals surface area contributed by atoms with Gasteiger partial charge in [-0.3, -0.25) is 9.63 Å². The largest absolute Gasteiger partial charge is 0.479 e. The van der Waals surface area contributed by atoms with Crippen molar-refractivity contribution in [2.75, 3.05) is 13.2 Å². The van der Waals surface area contributed by atoms with E-state index in [4.69, 9.17) is 9.94 Å². The number of carbonyl (C=O) groups is 2. The first-order valence-electron chi connectivity index (χ1n) is 13.5. The Morgan fingerprint density at radius 2 is 1.44 bits per heavy atom. The van der Waals surface area contributed by atoms with Gasteiger partial charge in [0.15, 0.2) is 6.61 Å². The zero-order chi connectivity index (χ0) is 26.0. The number of carboxylic acids is 1. The number of hydrogen-bond acceptors (Lipinski definition) is 4. The minimum Gasteiger partial charge on any atom is -0.479 e. The highest BCUT2D eigenvalue weighted by atomic mass is 16.7. The van der Waals surface area contributed by atoms with Crippen LogP contribution in [0.1, 0.15) is 106 Å². The van der Waals surface area contributed by atoms with Crippen LogP contribution in [-0.4, -0.2) is 35.2 Å². The predicted octanol–water partition coefficient (Wildman–Crippen LogP) is 6.92.